The molecule has 31 heavy (non-hydrogen) atoms. The van der Waals surface area contributed by atoms with Gasteiger partial charge in [0.15, 0.2) is 5.16 Å². The van der Waals surface area contributed by atoms with Crippen LogP contribution >= 0.6 is 11.8 Å². The highest BCUT2D eigenvalue weighted by atomic mass is 32.2. The summed E-state index contributed by atoms with van der Waals surface area (Å²) in [5.74, 6) is 1.01. The molecule has 0 aliphatic carbocycles. The molecule has 1 aromatic carbocycles. The van der Waals surface area contributed by atoms with Gasteiger partial charge in [-0.25, -0.2) is 0 Å². The molecule has 0 spiro atoms. The predicted octanol–water partition coefficient (Wildman–Crippen LogP) is 3.98. The molecule has 168 valence electrons. The highest BCUT2D eigenvalue weighted by molar-refractivity contribution is 8.00. The second-order valence-corrected chi connectivity index (χ2v) is 9.56. The van der Waals surface area contributed by atoms with Crippen LogP contribution in [-0.2, 0) is 16.1 Å². The average molecular weight is 444 g/mol. The van der Waals surface area contributed by atoms with Gasteiger partial charge in [-0.05, 0) is 58.1 Å². The van der Waals surface area contributed by atoms with Crippen LogP contribution in [-0.4, -0.2) is 58.3 Å². The summed E-state index contributed by atoms with van der Waals surface area (Å²) in [6.45, 7) is 8.21. The molecule has 2 fully saturated rings. The van der Waals surface area contributed by atoms with Gasteiger partial charge in [0, 0.05) is 31.9 Å². The molecule has 7 nitrogen and oxygen atoms in total. The Morgan fingerprint density at radius 3 is 2.65 bits per heavy atom. The normalized spacial score (nSPS) is 20.1. The minimum absolute atomic E-state index is 0.0879. The summed E-state index contributed by atoms with van der Waals surface area (Å²) >= 11 is 1.50. The number of carbonyl (C=O) groups is 1. The molecule has 3 heterocycles. The molecule has 2 saturated heterocycles. The number of hydrogen-bond acceptors (Lipinski definition) is 6. The summed E-state index contributed by atoms with van der Waals surface area (Å²) in [4.78, 5) is 17.4. The number of aromatic nitrogens is 3. The molecule has 2 unspecified atom stereocenters. The number of amides is 1. The van der Waals surface area contributed by atoms with Crippen molar-refractivity contribution >= 4 is 29.3 Å². The smallest absolute Gasteiger partial charge is 0.240 e. The van der Waals surface area contributed by atoms with Crippen molar-refractivity contribution in [1.82, 2.24) is 14.8 Å². The maximum atomic E-state index is 13.3. The van der Waals surface area contributed by atoms with Crippen molar-refractivity contribution in [1.29, 1.82) is 0 Å². The lowest BCUT2D eigenvalue weighted by atomic mass is 10.1. The van der Waals surface area contributed by atoms with Crippen molar-refractivity contribution < 1.29 is 9.53 Å². The van der Waals surface area contributed by atoms with Gasteiger partial charge < -0.3 is 14.5 Å². The third-order valence-corrected chi connectivity index (χ3v) is 7.09. The Kier molecular flexibility index (Phi) is 7.50. The second-order valence-electron chi connectivity index (χ2n) is 8.25. The highest BCUT2D eigenvalue weighted by Crippen LogP contribution is 2.30. The Hall–Kier alpha value is -2.06. The average Bonchev–Trinajstić information content (AvgIpc) is 3.46. The fourth-order valence-electron chi connectivity index (χ4n) is 4.35. The summed E-state index contributed by atoms with van der Waals surface area (Å²) in [5, 5.41) is 9.62. The van der Waals surface area contributed by atoms with Gasteiger partial charge in [-0.15, -0.1) is 10.2 Å². The largest absolute Gasteiger partial charge is 0.376 e. The molecular formula is C23H33N5O2S. The summed E-state index contributed by atoms with van der Waals surface area (Å²) in [5.41, 5.74) is 0.928. The minimum Gasteiger partial charge on any atom is -0.376 e. The fourth-order valence-corrected chi connectivity index (χ4v) is 5.27. The van der Waals surface area contributed by atoms with Gasteiger partial charge in [0.1, 0.15) is 0 Å². The van der Waals surface area contributed by atoms with Crippen LogP contribution in [0, 0.1) is 0 Å². The van der Waals surface area contributed by atoms with Crippen LogP contribution in [0.1, 0.15) is 46.0 Å². The number of anilines is 2. The quantitative estimate of drug-likeness (QED) is 0.575. The lowest BCUT2D eigenvalue weighted by molar-refractivity contribution is -0.117. The predicted molar refractivity (Wildman–Crippen MR) is 125 cm³/mol. The van der Waals surface area contributed by atoms with E-state index in [1.807, 2.05) is 49.1 Å². The molecule has 2 atom stereocenters. The number of hydrogen-bond donors (Lipinski definition) is 0. The lowest BCUT2D eigenvalue weighted by Crippen LogP contribution is -2.36. The van der Waals surface area contributed by atoms with Gasteiger partial charge in [-0.2, -0.15) is 0 Å². The Morgan fingerprint density at radius 1 is 1.19 bits per heavy atom. The van der Waals surface area contributed by atoms with E-state index in [2.05, 4.69) is 19.7 Å². The van der Waals surface area contributed by atoms with Gasteiger partial charge in [0.05, 0.1) is 17.9 Å². The Labute approximate surface area is 189 Å². The molecule has 2 aliphatic rings. The van der Waals surface area contributed by atoms with Crippen molar-refractivity contribution in [2.45, 2.75) is 69.0 Å². The molecule has 2 aromatic rings. The molecule has 0 N–H and O–H groups in total. The molecule has 1 amide bonds. The number of rotatable bonds is 8. The van der Waals surface area contributed by atoms with Crippen LogP contribution in [0.15, 0.2) is 35.5 Å². The van der Waals surface area contributed by atoms with E-state index in [1.165, 1.54) is 31.0 Å². The third-order valence-electron chi connectivity index (χ3n) is 6.03. The third kappa shape index (κ3) is 5.23. The van der Waals surface area contributed by atoms with Crippen molar-refractivity contribution in [2.24, 2.45) is 0 Å². The van der Waals surface area contributed by atoms with E-state index in [0.717, 1.165) is 55.9 Å². The number of para-hydroxylation sites is 1. The van der Waals surface area contributed by atoms with Crippen LogP contribution < -0.4 is 9.80 Å². The number of benzene rings is 1. The molecule has 4 rings (SSSR count). The second kappa shape index (κ2) is 10.5. The van der Waals surface area contributed by atoms with Crippen LogP contribution in [0.5, 0.6) is 0 Å². The summed E-state index contributed by atoms with van der Waals surface area (Å²) < 4.78 is 8.10. The van der Waals surface area contributed by atoms with E-state index in [-0.39, 0.29) is 17.3 Å². The monoisotopic (exact) mass is 443 g/mol. The maximum absolute atomic E-state index is 13.3. The van der Waals surface area contributed by atoms with Crippen LogP contribution in [0.4, 0.5) is 11.6 Å². The number of thioether (sulfide) groups is 1. The maximum Gasteiger partial charge on any atom is 0.240 e. The number of ether oxygens (including phenoxy) is 1. The molecule has 0 radical (unpaired) electrons. The van der Waals surface area contributed by atoms with Crippen LogP contribution in [0.25, 0.3) is 0 Å². The first kappa shape index (κ1) is 22.1. The first-order valence-corrected chi connectivity index (χ1v) is 12.4. The summed E-state index contributed by atoms with van der Waals surface area (Å²) in [6.07, 6.45) is 6.01. The highest BCUT2D eigenvalue weighted by Gasteiger charge is 2.28. The van der Waals surface area contributed by atoms with E-state index < -0.39 is 0 Å². The van der Waals surface area contributed by atoms with Gasteiger partial charge in [-0.1, -0.05) is 30.0 Å². The van der Waals surface area contributed by atoms with E-state index in [1.54, 1.807) is 0 Å². The molecule has 0 bridgehead atoms. The van der Waals surface area contributed by atoms with Crippen molar-refractivity contribution in [3.8, 4) is 0 Å². The van der Waals surface area contributed by atoms with Crippen LogP contribution in [0.3, 0.4) is 0 Å². The Balaban J connectivity index is 1.53. The SMILES string of the molecule is CCN(C(=O)C(C)Sc1nnc(N2CCCCC2)n1CC1CCCO1)c1ccccc1. The molecule has 1 aromatic heterocycles. The van der Waals surface area contributed by atoms with E-state index in [9.17, 15) is 4.79 Å². The summed E-state index contributed by atoms with van der Waals surface area (Å²) in [7, 11) is 0. The number of carbonyl (C=O) groups excluding carboxylic acids is 1. The van der Waals surface area contributed by atoms with Gasteiger partial charge >= 0.3 is 0 Å². The molecule has 8 heteroatoms. The molecule has 2 aliphatic heterocycles. The van der Waals surface area contributed by atoms with Gasteiger partial charge in [0.2, 0.25) is 11.9 Å². The van der Waals surface area contributed by atoms with Gasteiger partial charge in [-0.3, -0.25) is 9.36 Å². The standard InChI is InChI=1S/C23H33N5O2S/c1-3-27(19-11-6-4-7-12-19)21(29)18(2)31-23-25-24-22(26-14-8-5-9-15-26)28(23)17-20-13-10-16-30-20/h4,6-7,11-12,18,20H,3,5,8-10,13-17H2,1-2H3. The number of piperidine rings is 1. The topological polar surface area (TPSA) is 63.5 Å². The van der Waals surface area contributed by atoms with Crippen molar-refractivity contribution in [2.75, 3.05) is 36.0 Å². The zero-order chi connectivity index (χ0) is 21.6. The molecular weight excluding hydrogens is 410 g/mol. The van der Waals surface area contributed by atoms with Crippen LogP contribution in [0.2, 0.25) is 0 Å². The molecule has 0 saturated carbocycles. The van der Waals surface area contributed by atoms with Crippen molar-refractivity contribution in [3.05, 3.63) is 30.3 Å². The first-order valence-electron chi connectivity index (χ1n) is 11.5. The fraction of sp³-hybridized carbons (Fsp3) is 0.609. The lowest BCUT2D eigenvalue weighted by Gasteiger charge is -2.28. The number of nitrogens with zero attached hydrogens (tertiary/aromatic N) is 5. The minimum atomic E-state index is -0.262. The van der Waals surface area contributed by atoms with E-state index >= 15 is 0 Å². The Morgan fingerprint density at radius 2 is 1.97 bits per heavy atom. The zero-order valence-electron chi connectivity index (χ0n) is 18.6. The van der Waals surface area contributed by atoms with E-state index in [4.69, 9.17) is 4.74 Å². The zero-order valence-corrected chi connectivity index (χ0v) is 19.4. The first-order chi connectivity index (χ1) is 15.2. The Bertz CT molecular complexity index is 847. The van der Waals surface area contributed by atoms with Gasteiger partial charge in [0.25, 0.3) is 0 Å². The summed E-state index contributed by atoms with van der Waals surface area (Å²) in [6, 6.07) is 9.86. The van der Waals surface area contributed by atoms with E-state index in [0.29, 0.717) is 6.54 Å². The van der Waals surface area contributed by atoms with Crippen molar-refractivity contribution in [3.63, 3.8) is 0 Å².